The summed E-state index contributed by atoms with van der Waals surface area (Å²) in [5, 5.41) is 5.95. The molecule has 9 nitrogen and oxygen atoms in total. The van der Waals surface area contributed by atoms with Gasteiger partial charge in [-0.2, -0.15) is 0 Å². The third-order valence-electron chi connectivity index (χ3n) is 6.39. The molecule has 1 aromatic heterocycles. The van der Waals surface area contributed by atoms with Gasteiger partial charge >= 0.3 is 12.0 Å². The molecule has 2 N–H and O–H groups in total. The van der Waals surface area contributed by atoms with E-state index in [1.165, 1.54) is 0 Å². The van der Waals surface area contributed by atoms with Gasteiger partial charge in [-0.15, -0.1) is 0 Å². The number of hydrogen-bond donors (Lipinski definition) is 2. The maximum absolute atomic E-state index is 13.0. The van der Waals surface area contributed by atoms with Crippen LogP contribution >= 0.6 is 0 Å². The number of carbonyl (C=O) groups is 3. The molecule has 9 heteroatoms. The van der Waals surface area contributed by atoms with Crippen molar-refractivity contribution in [2.75, 3.05) is 39.3 Å². The molecule has 2 fully saturated rings. The second kappa shape index (κ2) is 13.1. The summed E-state index contributed by atoms with van der Waals surface area (Å²) in [4.78, 5) is 45.7. The molecule has 3 heterocycles. The molecule has 2 aliphatic rings. The Balaban J connectivity index is 1.70. The lowest BCUT2D eigenvalue weighted by Gasteiger charge is -2.43. The number of hydrogen-bond acceptors (Lipinski definition) is 6. The van der Waals surface area contributed by atoms with E-state index in [1.54, 1.807) is 24.2 Å². The summed E-state index contributed by atoms with van der Waals surface area (Å²) in [5.74, 6) is -0.391. The van der Waals surface area contributed by atoms with Crippen LogP contribution < -0.4 is 10.6 Å². The number of nitrogens with zero attached hydrogens (tertiary/aromatic N) is 3. The molecule has 0 unspecified atom stereocenters. The Morgan fingerprint density at radius 2 is 1.97 bits per heavy atom. The Labute approximate surface area is 196 Å². The smallest absolute Gasteiger partial charge is 0.317 e. The zero-order chi connectivity index (χ0) is 23.5. The summed E-state index contributed by atoms with van der Waals surface area (Å²) in [7, 11) is 0. The number of aromatic nitrogens is 1. The number of esters is 1. The molecule has 2 aliphatic heterocycles. The van der Waals surface area contributed by atoms with Crippen LogP contribution in [0.5, 0.6) is 0 Å². The normalized spacial score (nSPS) is 22.5. The average Bonchev–Trinajstić information content (AvgIpc) is 2.85. The summed E-state index contributed by atoms with van der Waals surface area (Å²) in [6.45, 7) is 5.64. The fourth-order valence-corrected chi connectivity index (χ4v) is 4.63. The first-order valence-electron chi connectivity index (χ1n) is 12.2. The van der Waals surface area contributed by atoms with Crippen LogP contribution in [0.2, 0.25) is 0 Å². The van der Waals surface area contributed by atoms with E-state index in [1.807, 2.05) is 12.1 Å². The Bertz CT molecular complexity index is 775. The van der Waals surface area contributed by atoms with Crippen LogP contribution in [0.15, 0.2) is 24.5 Å². The van der Waals surface area contributed by atoms with Gasteiger partial charge < -0.3 is 20.3 Å². The van der Waals surface area contributed by atoms with Gasteiger partial charge in [-0.1, -0.05) is 12.8 Å². The Hall–Kier alpha value is -2.68. The van der Waals surface area contributed by atoms with Crippen LogP contribution in [-0.4, -0.2) is 78.1 Å². The van der Waals surface area contributed by atoms with Crippen molar-refractivity contribution in [2.45, 2.75) is 58.0 Å². The maximum Gasteiger partial charge on any atom is 0.317 e. The molecule has 0 saturated carbocycles. The van der Waals surface area contributed by atoms with E-state index in [0.29, 0.717) is 32.7 Å². The lowest BCUT2D eigenvalue weighted by Crippen LogP contribution is -2.59. The van der Waals surface area contributed by atoms with E-state index < -0.39 is 0 Å². The maximum atomic E-state index is 13.0. The third-order valence-corrected chi connectivity index (χ3v) is 6.39. The lowest BCUT2D eigenvalue weighted by atomic mass is 9.89. The first-order chi connectivity index (χ1) is 16.1. The second-order valence-corrected chi connectivity index (χ2v) is 8.73. The monoisotopic (exact) mass is 459 g/mol. The van der Waals surface area contributed by atoms with Gasteiger partial charge in [-0.25, -0.2) is 4.79 Å². The number of amides is 3. The molecule has 0 aliphatic carbocycles. The topological polar surface area (TPSA) is 104 Å². The van der Waals surface area contributed by atoms with Crippen molar-refractivity contribution in [3.05, 3.63) is 30.1 Å². The lowest BCUT2D eigenvalue weighted by molar-refractivity contribution is -0.143. The minimum absolute atomic E-state index is 0.0687. The van der Waals surface area contributed by atoms with E-state index in [9.17, 15) is 14.4 Å². The Morgan fingerprint density at radius 3 is 2.76 bits per heavy atom. The molecule has 1 aromatic rings. The SMILES string of the molecule is CCOC(=O)CCNC(=O)N1CC[C@H]2C(=O)NCCCCCCN(Cc3ccncc3)[C@@H]2C1. The highest BCUT2D eigenvalue weighted by Gasteiger charge is 2.39. The third kappa shape index (κ3) is 7.70. The van der Waals surface area contributed by atoms with E-state index in [2.05, 4.69) is 20.5 Å². The minimum atomic E-state index is -0.319. The van der Waals surface area contributed by atoms with Crippen molar-refractivity contribution in [2.24, 2.45) is 5.92 Å². The molecule has 0 bridgehead atoms. The highest BCUT2D eigenvalue weighted by molar-refractivity contribution is 5.80. The van der Waals surface area contributed by atoms with Gasteiger partial charge in [0.1, 0.15) is 0 Å². The van der Waals surface area contributed by atoms with Crippen LogP contribution in [0.1, 0.15) is 51.0 Å². The largest absolute Gasteiger partial charge is 0.466 e. The molecule has 0 spiro atoms. The standard InChI is InChI=1S/C24H37N5O4/c1-2-33-22(30)9-14-27-24(32)29-16-10-20-21(18-29)28(17-19-7-12-25-13-8-19)15-6-4-3-5-11-26-23(20)31/h7-8,12-13,20-21H,2-6,9-11,14-18H2,1H3,(H,26,31)(H,27,32)/t20-,21-/m1/s1. The van der Waals surface area contributed by atoms with Crippen molar-refractivity contribution >= 4 is 17.9 Å². The van der Waals surface area contributed by atoms with Crippen LogP contribution in [0.25, 0.3) is 0 Å². The van der Waals surface area contributed by atoms with Crippen LogP contribution in [0, 0.1) is 5.92 Å². The van der Waals surface area contributed by atoms with Crippen molar-refractivity contribution in [1.29, 1.82) is 0 Å². The molecule has 182 valence electrons. The van der Waals surface area contributed by atoms with Gasteiger partial charge in [0.2, 0.25) is 5.91 Å². The summed E-state index contributed by atoms with van der Waals surface area (Å²) < 4.78 is 4.92. The van der Waals surface area contributed by atoms with E-state index in [0.717, 1.165) is 44.3 Å². The number of urea groups is 1. The second-order valence-electron chi connectivity index (χ2n) is 8.73. The van der Waals surface area contributed by atoms with Gasteiger partial charge in [0.05, 0.1) is 18.9 Å². The van der Waals surface area contributed by atoms with Gasteiger partial charge in [0.25, 0.3) is 0 Å². The molecule has 3 rings (SSSR count). The molecule has 3 amide bonds. The molecule has 2 saturated heterocycles. The van der Waals surface area contributed by atoms with Crippen molar-refractivity contribution in [1.82, 2.24) is 25.4 Å². The van der Waals surface area contributed by atoms with E-state index in [4.69, 9.17) is 4.74 Å². The molecular formula is C24H37N5O4. The fourth-order valence-electron chi connectivity index (χ4n) is 4.63. The number of piperidine rings is 1. The summed E-state index contributed by atoms with van der Waals surface area (Å²) in [6, 6.07) is 3.74. The predicted octanol–water partition coefficient (Wildman–Crippen LogP) is 1.93. The highest BCUT2D eigenvalue weighted by Crippen LogP contribution is 2.26. The number of carbonyl (C=O) groups excluding carboxylic acids is 3. The first kappa shape index (κ1) is 25.0. The minimum Gasteiger partial charge on any atom is -0.466 e. The average molecular weight is 460 g/mol. The number of fused-ring (bicyclic) bond motifs is 1. The van der Waals surface area contributed by atoms with Crippen LogP contribution in [0.4, 0.5) is 4.79 Å². The summed E-state index contributed by atoms with van der Waals surface area (Å²) in [5.41, 5.74) is 1.15. The van der Waals surface area contributed by atoms with Crippen LogP contribution in [0.3, 0.4) is 0 Å². The number of ether oxygens (including phenoxy) is 1. The molecule has 0 radical (unpaired) electrons. The number of likely N-dealkylation sites (tertiary alicyclic amines) is 1. The number of pyridine rings is 1. The van der Waals surface area contributed by atoms with Crippen molar-refractivity contribution in [3.63, 3.8) is 0 Å². The fraction of sp³-hybridized carbons (Fsp3) is 0.667. The Morgan fingerprint density at radius 1 is 1.18 bits per heavy atom. The van der Waals surface area contributed by atoms with Gasteiger partial charge in [-0.3, -0.25) is 19.5 Å². The Kier molecular flexibility index (Phi) is 9.93. The summed E-state index contributed by atoms with van der Waals surface area (Å²) >= 11 is 0. The highest BCUT2D eigenvalue weighted by atomic mass is 16.5. The zero-order valence-corrected chi connectivity index (χ0v) is 19.6. The predicted molar refractivity (Wildman–Crippen MR) is 124 cm³/mol. The quantitative estimate of drug-likeness (QED) is 0.630. The van der Waals surface area contributed by atoms with E-state index in [-0.39, 0.29) is 42.8 Å². The molecule has 33 heavy (non-hydrogen) atoms. The molecular weight excluding hydrogens is 422 g/mol. The molecule has 0 aromatic carbocycles. The zero-order valence-electron chi connectivity index (χ0n) is 19.6. The van der Waals surface area contributed by atoms with Crippen molar-refractivity contribution < 1.29 is 19.1 Å². The van der Waals surface area contributed by atoms with Gasteiger partial charge in [0, 0.05) is 51.2 Å². The molecule has 2 atom stereocenters. The van der Waals surface area contributed by atoms with Gasteiger partial charge in [0.15, 0.2) is 0 Å². The van der Waals surface area contributed by atoms with Crippen LogP contribution in [-0.2, 0) is 20.9 Å². The van der Waals surface area contributed by atoms with Gasteiger partial charge in [-0.05, 0) is 50.4 Å². The van der Waals surface area contributed by atoms with Crippen molar-refractivity contribution in [3.8, 4) is 0 Å². The number of nitrogens with one attached hydrogen (secondary N) is 2. The van der Waals surface area contributed by atoms with E-state index >= 15 is 0 Å². The first-order valence-corrected chi connectivity index (χ1v) is 12.2. The summed E-state index contributed by atoms with van der Waals surface area (Å²) in [6.07, 6.45) is 8.64. The number of rotatable bonds is 6.